The van der Waals surface area contributed by atoms with Crippen LogP contribution in [0.25, 0.3) is 16.4 Å². The topological polar surface area (TPSA) is 111 Å². The van der Waals surface area contributed by atoms with E-state index in [4.69, 9.17) is 10.2 Å². The van der Waals surface area contributed by atoms with E-state index in [0.717, 1.165) is 18.7 Å². The van der Waals surface area contributed by atoms with Crippen molar-refractivity contribution < 1.29 is 30.4 Å². The Balaban J connectivity index is 1.64. The minimum atomic E-state index is -4.77. The molecule has 4 atom stereocenters. The third-order valence-corrected chi connectivity index (χ3v) is 10.2. The Morgan fingerprint density at radius 3 is 2.58 bits per heavy atom. The first-order chi connectivity index (χ1) is 15.2. The summed E-state index contributed by atoms with van der Waals surface area (Å²) in [5, 5.41) is 6.46. The largest absolute Gasteiger partial charge is 0.423 e. The summed E-state index contributed by atoms with van der Waals surface area (Å²) in [6.07, 6.45) is -5.50. The molecule has 178 valence electrons. The maximum absolute atomic E-state index is 15.1. The zero-order valence-corrected chi connectivity index (χ0v) is 19.1. The summed E-state index contributed by atoms with van der Waals surface area (Å²) >= 11 is 1.07. The fourth-order valence-corrected chi connectivity index (χ4v) is 7.60. The second-order valence-corrected chi connectivity index (χ2v) is 12.1. The van der Waals surface area contributed by atoms with Crippen LogP contribution in [0, 0.1) is 0 Å². The Hall–Kier alpha value is -2.41. The number of aliphatic imine (C=N–C) groups is 1. The van der Waals surface area contributed by atoms with E-state index in [0.29, 0.717) is 16.0 Å². The molecule has 2 aromatic rings. The lowest BCUT2D eigenvalue weighted by Crippen LogP contribution is -2.61. The van der Waals surface area contributed by atoms with Crippen molar-refractivity contribution in [3.8, 4) is 11.5 Å². The van der Waals surface area contributed by atoms with Gasteiger partial charge in [0.05, 0.1) is 23.0 Å². The molecule has 1 aromatic heterocycles. The van der Waals surface area contributed by atoms with Crippen molar-refractivity contribution in [2.75, 3.05) is 5.75 Å². The first kappa shape index (κ1) is 23.7. The molecule has 33 heavy (non-hydrogen) atoms. The zero-order valence-electron chi connectivity index (χ0n) is 17.5. The molecule has 0 saturated carbocycles. The van der Waals surface area contributed by atoms with Crippen molar-refractivity contribution in [2.24, 2.45) is 10.7 Å². The highest BCUT2D eigenvalue weighted by atomic mass is 32.2. The number of sulfone groups is 1. The van der Waals surface area contributed by atoms with Gasteiger partial charge < -0.3 is 10.2 Å². The molecule has 0 amide bonds. The van der Waals surface area contributed by atoms with E-state index in [2.05, 4.69) is 15.2 Å². The molecule has 0 bridgehead atoms. The average molecular weight is 505 g/mol. The van der Waals surface area contributed by atoms with Gasteiger partial charge in [-0.1, -0.05) is 12.1 Å². The van der Waals surface area contributed by atoms with Crippen LogP contribution in [-0.4, -0.2) is 58.1 Å². The van der Waals surface area contributed by atoms with E-state index in [-0.39, 0.29) is 5.89 Å². The third kappa shape index (κ3) is 4.27. The van der Waals surface area contributed by atoms with Gasteiger partial charge in [0, 0.05) is 10.5 Å². The van der Waals surface area contributed by atoms with Crippen LogP contribution >= 0.6 is 11.8 Å². The fourth-order valence-electron chi connectivity index (χ4n) is 4.07. The number of amidine groups is 1. The standard InChI is InChI=1S/C20H20F4N4O3S2/c1-18(9-33(29,30)19(2,17(25)27-18)8-20(22,23)24)15-13(21)7-14(32-15)11-4-3-5-12(6-11)16-28-26-10-31-16/h3-7,10,13,15H,8-9H2,1-2H3,(H2,25,27)/t13?,15?,18-,19-/m0/s1. The zero-order chi connectivity index (χ0) is 24.2. The van der Waals surface area contributed by atoms with Crippen molar-refractivity contribution in [2.45, 2.75) is 48.2 Å². The van der Waals surface area contributed by atoms with Crippen molar-refractivity contribution in [3.05, 3.63) is 42.3 Å². The lowest BCUT2D eigenvalue weighted by Gasteiger charge is -2.42. The number of hydrogen-bond acceptors (Lipinski definition) is 8. The number of nitrogens with zero attached hydrogens (tertiary/aromatic N) is 3. The van der Waals surface area contributed by atoms with Gasteiger partial charge in [-0.2, -0.15) is 13.2 Å². The molecular formula is C20H20F4N4O3S2. The summed E-state index contributed by atoms with van der Waals surface area (Å²) in [6, 6.07) is 6.93. The van der Waals surface area contributed by atoms with Crippen LogP contribution in [0.1, 0.15) is 25.8 Å². The van der Waals surface area contributed by atoms with Crippen LogP contribution in [0.2, 0.25) is 0 Å². The number of aromatic nitrogens is 2. The number of thioether (sulfide) groups is 1. The molecule has 2 N–H and O–H groups in total. The van der Waals surface area contributed by atoms with Crippen LogP contribution in [0.15, 0.2) is 46.1 Å². The van der Waals surface area contributed by atoms with E-state index < -0.39 is 55.7 Å². The fraction of sp³-hybridized carbons (Fsp3) is 0.450. The quantitative estimate of drug-likeness (QED) is 0.631. The molecule has 2 aliphatic heterocycles. The van der Waals surface area contributed by atoms with Gasteiger partial charge in [0.2, 0.25) is 12.3 Å². The lowest BCUT2D eigenvalue weighted by atomic mass is 9.95. The second kappa shape index (κ2) is 7.83. The number of alkyl halides is 4. The average Bonchev–Trinajstić information content (AvgIpc) is 3.35. The van der Waals surface area contributed by atoms with Crippen molar-refractivity contribution in [1.82, 2.24) is 10.2 Å². The molecule has 0 saturated heterocycles. The molecular weight excluding hydrogens is 484 g/mol. The molecule has 13 heteroatoms. The predicted octanol–water partition coefficient (Wildman–Crippen LogP) is 3.79. The minimum absolute atomic E-state index is 0.278. The lowest BCUT2D eigenvalue weighted by molar-refractivity contribution is -0.137. The summed E-state index contributed by atoms with van der Waals surface area (Å²) in [6.45, 7) is 2.32. The molecule has 1 aromatic carbocycles. The Kier molecular flexibility index (Phi) is 5.63. The molecule has 3 heterocycles. The summed E-state index contributed by atoms with van der Waals surface area (Å²) < 4.78 is 83.1. The highest BCUT2D eigenvalue weighted by Crippen LogP contribution is 2.49. The van der Waals surface area contributed by atoms with Gasteiger partial charge in [-0.25, -0.2) is 12.8 Å². The van der Waals surface area contributed by atoms with Crippen LogP contribution in [-0.2, 0) is 9.84 Å². The first-order valence-corrected chi connectivity index (χ1v) is 12.3. The summed E-state index contributed by atoms with van der Waals surface area (Å²) in [5.41, 5.74) is 5.50. The highest BCUT2D eigenvalue weighted by Gasteiger charge is 2.58. The molecule has 7 nitrogen and oxygen atoms in total. The van der Waals surface area contributed by atoms with E-state index in [9.17, 15) is 21.6 Å². The number of nitrogens with two attached hydrogens (primary N) is 1. The van der Waals surface area contributed by atoms with Crippen LogP contribution < -0.4 is 5.73 Å². The van der Waals surface area contributed by atoms with Gasteiger partial charge in [0.25, 0.3) is 0 Å². The Morgan fingerprint density at radius 2 is 1.97 bits per heavy atom. The minimum Gasteiger partial charge on any atom is -0.423 e. The SMILES string of the molecule is C[C@]1(CC(F)(F)F)C(N)=N[C@](C)(C2SC(c3cccc(-c4nnco4)c3)=CC2F)CS1(=O)=O. The third-order valence-electron chi connectivity index (χ3n) is 5.84. The van der Waals surface area contributed by atoms with E-state index >= 15 is 4.39 Å². The van der Waals surface area contributed by atoms with Crippen molar-refractivity contribution >= 4 is 32.3 Å². The molecule has 4 rings (SSSR count). The normalized spacial score (nSPS) is 31.8. The molecule has 0 fully saturated rings. The van der Waals surface area contributed by atoms with Gasteiger partial charge >= 0.3 is 6.18 Å². The van der Waals surface area contributed by atoms with Crippen LogP contribution in [0.5, 0.6) is 0 Å². The molecule has 2 unspecified atom stereocenters. The summed E-state index contributed by atoms with van der Waals surface area (Å²) in [7, 11) is -4.40. The Morgan fingerprint density at radius 1 is 1.27 bits per heavy atom. The number of benzene rings is 1. The number of allylic oxidation sites excluding steroid dienone is 1. The van der Waals surface area contributed by atoms with Gasteiger partial charge in [-0.3, -0.25) is 4.99 Å². The van der Waals surface area contributed by atoms with Gasteiger partial charge in [0.15, 0.2) is 9.84 Å². The molecule has 2 aliphatic rings. The predicted molar refractivity (Wildman–Crippen MR) is 117 cm³/mol. The summed E-state index contributed by atoms with van der Waals surface area (Å²) in [4.78, 5) is 4.69. The number of hydrogen-bond donors (Lipinski definition) is 1. The van der Waals surface area contributed by atoms with Gasteiger partial charge in [-0.15, -0.1) is 22.0 Å². The maximum Gasteiger partial charge on any atom is 0.391 e. The van der Waals surface area contributed by atoms with E-state index in [1.54, 1.807) is 24.3 Å². The van der Waals surface area contributed by atoms with Crippen LogP contribution in [0.3, 0.4) is 0 Å². The van der Waals surface area contributed by atoms with Crippen molar-refractivity contribution in [1.29, 1.82) is 0 Å². The van der Waals surface area contributed by atoms with Gasteiger partial charge in [0.1, 0.15) is 16.8 Å². The number of halogens is 4. The smallest absolute Gasteiger partial charge is 0.391 e. The Labute approximate surface area is 191 Å². The Bertz CT molecular complexity index is 1230. The second-order valence-electron chi connectivity index (χ2n) is 8.47. The van der Waals surface area contributed by atoms with Crippen LogP contribution in [0.4, 0.5) is 17.6 Å². The van der Waals surface area contributed by atoms with Crippen molar-refractivity contribution in [3.63, 3.8) is 0 Å². The highest BCUT2D eigenvalue weighted by molar-refractivity contribution is 8.09. The first-order valence-electron chi connectivity index (χ1n) is 9.78. The number of rotatable bonds is 4. The molecule has 0 radical (unpaired) electrons. The maximum atomic E-state index is 15.1. The van der Waals surface area contributed by atoms with Gasteiger partial charge in [-0.05, 0) is 37.6 Å². The van der Waals surface area contributed by atoms with E-state index in [1.165, 1.54) is 19.4 Å². The summed E-state index contributed by atoms with van der Waals surface area (Å²) in [5.74, 6) is -1.14. The van der Waals surface area contributed by atoms with E-state index in [1.807, 2.05) is 0 Å². The molecule has 0 spiro atoms. The monoisotopic (exact) mass is 504 g/mol. The molecule has 0 aliphatic carbocycles.